The molecular formula is C8H13NOS. The summed E-state index contributed by atoms with van der Waals surface area (Å²) in [5.74, 6) is 4.21. The van der Waals surface area contributed by atoms with Crippen molar-refractivity contribution >= 4 is 12.9 Å². The summed E-state index contributed by atoms with van der Waals surface area (Å²) in [5, 5.41) is 0. The van der Waals surface area contributed by atoms with Gasteiger partial charge in [0, 0.05) is 0 Å². The van der Waals surface area contributed by atoms with Crippen molar-refractivity contribution in [3.63, 3.8) is 0 Å². The van der Waals surface area contributed by atoms with E-state index >= 15 is 0 Å². The number of rotatable bonds is 1. The van der Waals surface area contributed by atoms with Crippen LogP contribution in [0.1, 0.15) is 12.5 Å². The summed E-state index contributed by atoms with van der Waals surface area (Å²) < 4.78 is 3.44. The standard InChI is InChI=1S/C8H10.H3NOS/c1-2-8-6-4-3-5-7-8;1-2-3/h3-7H,2H2,1H3;3H,1H2. The predicted octanol–water partition coefficient (Wildman–Crippen LogP) is 1.97. The Bertz CT molecular complexity index is 167. The Kier molecular flexibility index (Phi) is 7.24. The summed E-state index contributed by atoms with van der Waals surface area (Å²) in [6.07, 6.45) is 1.14. The Morgan fingerprint density at radius 3 is 2.09 bits per heavy atom. The molecule has 0 bridgehead atoms. The Balaban J connectivity index is 0.000000292. The fraction of sp³-hybridized carbons (Fsp3) is 0.250. The van der Waals surface area contributed by atoms with E-state index in [4.69, 9.17) is 0 Å². The molecule has 0 fully saturated rings. The number of nitrogens with two attached hydrogens (primary N) is 1. The first-order valence-electron chi connectivity index (χ1n) is 3.39. The van der Waals surface area contributed by atoms with Crippen molar-refractivity contribution in [3.8, 4) is 0 Å². The summed E-state index contributed by atoms with van der Waals surface area (Å²) in [7, 11) is 0. The number of hydrogen-bond donors (Lipinski definition) is 2. The van der Waals surface area contributed by atoms with Gasteiger partial charge in [-0.15, -0.1) is 0 Å². The van der Waals surface area contributed by atoms with Crippen LogP contribution in [-0.2, 0) is 10.7 Å². The lowest BCUT2D eigenvalue weighted by Gasteiger charge is -1.89. The molecule has 1 aromatic carbocycles. The first-order valence-corrected chi connectivity index (χ1v) is 3.75. The van der Waals surface area contributed by atoms with E-state index in [1.165, 1.54) is 5.56 Å². The topological polar surface area (TPSA) is 35.2 Å². The number of aryl methyl sites for hydroxylation is 1. The van der Waals surface area contributed by atoms with Crippen molar-refractivity contribution in [2.45, 2.75) is 13.3 Å². The molecule has 0 heterocycles. The van der Waals surface area contributed by atoms with E-state index in [9.17, 15) is 0 Å². The molecule has 0 saturated heterocycles. The zero-order chi connectivity index (χ0) is 8.53. The summed E-state index contributed by atoms with van der Waals surface area (Å²) in [6.45, 7) is 2.16. The van der Waals surface area contributed by atoms with E-state index in [1.54, 1.807) is 0 Å². The maximum Gasteiger partial charge on any atom is -0.00125 e. The van der Waals surface area contributed by atoms with Gasteiger partial charge in [0.05, 0.1) is 0 Å². The van der Waals surface area contributed by atoms with Gasteiger partial charge in [-0.25, -0.2) is 10.2 Å². The molecule has 0 radical (unpaired) electrons. The molecular weight excluding hydrogens is 158 g/mol. The highest BCUT2D eigenvalue weighted by molar-refractivity contribution is 7.75. The average Bonchev–Trinajstić information content (AvgIpc) is 2.08. The van der Waals surface area contributed by atoms with E-state index in [0.717, 1.165) is 6.42 Å². The third-order valence-electron chi connectivity index (χ3n) is 1.25. The lowest BCUT2D eigenvalue weighted by molar-refractivity contribution is 0.407. The smallest absolute Gasteiger partial charge is 0.00125 e. The van der Waals surface area contributed by atoms with Gasteiger partial charge in [0.15, 0.2) is 0 Å². The van der Waals surface area contributed by atoms with Crippen LogP contribution >= 0.6 is 12.9 Å². The molecule has 0 saturated carbocycles. The highest BCUT2D eigenvalue weighted by Gasteiger charge is 1.79. The van der Waals surface area contributed by atoms with E-state index in [1.807, 2.05) is 6.07 Å². The maximum absolute atomic E-state index is 4.21. The first kappa shape index (κ1) is 10.5. The van der Waals surface area contributed by atoms with Crippen LogP contribution in [0.2, 0.25) is 0 Å². The Labute approximate surface area is 72.9 Å². The average molecular weight is 171 g/mol. The molecule has 2 nitrogen and oxygen atoms in total. The second-order valence-corrected chi connectivity index (χ2v) is 2.16. The lowest BCUT2D eigenvalue weighted by Crippen LogP contribution is -1.78. The van der Waals surface area contributed by atoms with E-state index in [-0.39, 0.29) is 0 Å². The van der Waals surface area contributed by atoms with Gasteiger partial charge in [-0.3, -0.25) is 0 Å². The van der Waals surface area contributed by atoms with Gasteiger partial charge >= 0.3 is 0 Å². The Morgan fingerprint density at radius 2 is 1.82 bits per heavy atom. The molecule has 1 aromatic rings. The first-order chi connectivity index (χ1) is 5.35. The quantitative estimate of drug-likeness (QED) is 0.385. The van der Waals surface area contributed by atoms with Crippen LogP contribution in [0, 0.1) is 0 Å². The second kappa shape index (κ2) is 7.60. The van der Waals surface area contributed by atoms with Crippen molar-refractivity contribution in [1.29, 1.82) is 0 Å². The van der Waals surface area contributed by atoms with Gasteiger partial charge in [-0.2, -0.15) is 0 Å². The summed E-state index contributed by atoms with van der Waals surface area (Å²) >= 11 is 3.07. The number of benzene rings is 1. The van der Waals surface area contributed by atoms with E-state index in [2.05, 4.69) is 54.3 Å². The molecule has 0 aliphatic rings. The van der Waals surface area contributed by atoms with Crippen LogP contribution in [0.5, 0.6) is 0 Å². The molecule has 0 spiro atoms. The van der Waals surface area contributed by atoms with Crippen molar-refractivity contribution < 1.29 is 4.28 Å². The maximum atomic E-state index is 4.21. The van der Waals surface area contributed by atoms with Crippen LogP contribution in [0.25, 0.3) is 0 Å². The van der Waals surface area contributed by atoms with Gasteiger partial charge in [-0.05, 0) is 24.9 Å². The third kappa shape index (κ3) is 5.91. The number of thiol groups is 1. The summed E-state index contributed by atoms with van der Waals surface area (Å²) in [4.78, 5) is 0. The lowest BCUT2D eigenvalue weighted by atomic mass is 10.2. The van der Waals surface area contributed by atoms with Crippen molar-refractivity contribution in [2.24, 2.45) is 5.90 Å². The normalized spacial score (nSPS) is 8.27. The van der Waals surface area contributed by atoms with Gasteiger partial charge in [0.25, 0.3) is 0 Å². The minimum atomic E-state index is 1.14. The molecule has 0 aliphatic heterocycles. The van der Waals surface area contributed by atoms with Crippen LogP contribution < -0.4 is 5.90 Å². The van der Waals surface area contributed by atoms with E-state index in [0.29, 0.717) is 0 Å². The van der Waals surface area contributed by atoms with Crippen LogP contribution in [-0.4, -0.2) is 0 Å². The molecule has 0 unspecified atom stereocenters. The molecule has 0 atom stereocenters. The van der Waals surface area contributed by atoms with Crippen molar-refractivity contribution in [1.82, 2.24) is 0 Å². The minimum Gasteiger partial charge on any atom is -0.238 e. The Hall–Kier alpha value is -0.510. The highest BCUT2D eigenvalue weighted by atomic mass is 32.1. The Morgan fingerprint density at radius 1 is 1.36 bits per heavy atom. The van der Waals surface area contributed by atoms with Gasteiger partial charge in [0.1, 0.15) is 0 Å². The molecule has 1 rings (SSSR count). The predicted molar refractivity (Wildman–Crippen MR) is 50.1 cm³/mol. The molecule has 62 valence electrons. The molecule has 11 heavy (non-hydrogen) atoms. The zero-order valence-corrected chi connectivity index (χ0v) is 7.42. The van der Waals surface area contributed by atoms with Gasteiger partial charge in [0.2, 0.25) is 0 Å². The monoisotopic (exact) mass is 171 g/mol. The summed E-state index contributed by atoms with van der Waals surface area (Å²) in [6, 6.07) is 10.5. The molecule has 0 amide bonds. The highest BCUT2D eigenvalue weighted by Crippen LogP contribution is 1.96. The fourth-order valence-corrected chi connectivity index (χ4v) is 0.714. The summed E-state index contributed by atoms with van der Waals surface area (Å²) in [5.41, 5.74) is 1.41. The third-order valence-corrected chi connectivity index (χ3v) is 1.25. The van der Waals surface area contributed by atoms with Gasteiger partial charge < -0.3 is 0 Å². The van der Waals surface area contributed by atoms with Crippen LogP contribution in [0.4, 0.5) is 0 Å². The molecule has 2 N–H and O–H groups in total. The minimum absolute atomic E-state index is 1.14. The molecule has 3 heteroatoms. The van der Waals surface area contributed by atoms with Gasteiger partial charge in [-0.1, -0.05) is 37.3 Å². The second-order valence-electron chi connectivity index (χ2n) is 1.94. The molecule has 0 aromatic heterocycles. The van der Waals surface area contributed by atoms with E-state index < -0.39 is 0 Å². The van der Waals surface area contributed by atoms with Crippen molar-refractivity contribution in [3.05, 3.63) is 35.9 Å². The number of hydrogen-bond acceptors (Lipinski definition) is 3. The SMILES string of the molecule is CCc1ccccc1.NOS. The van der Waals surface area contributed by atoms with Crippen LogP contribution in [0.15, 0.2) is 30.3 Å². The largest absolute Gasteiger partial charge is 0.238 e. The molecule has 0 aliphatic carbocycles. The zero-order valence-electron chi connectivity index (χ0n) is 6.53. The van der Waals surface area contributed by atoms with Crippen LogP contribution in [0.3, 0.4) is 0 Å². The fourth-order valence-electron chi connectivity index (χ4n) is 0.714. The van der Waals surface area contributed by atoms with Crippen molar-refractivity contribution in [2.75, 3.05) is 0 Å².